The van der Waals surface area contributed by atoms with Gasteiger partial charge in [-0.15, -0.1) is 13.2 Å². The molecule has 0 aliphatic rings. The van der Waals surface area contributed by atoms with Crippen molar-refractivity contribution in [3.8, 4) is 11.4 Å². The molecule has 30 heavy (non-hydrogen) atoms. The van der Waals surface area contributed by atoms with Crippen molar-refractivity contribution in [1.82, 2.24) is 19.7 Å². The van der Waals surface area contributed by atoms with Gasteiger partial charge in [-0.1, -0.05) is 30.3 Å². The van der Waals surface area contributed by atoms with Crippen LogP contribution in [-0.4, -0.2) is 26.1 Å². The van der Waals surface area contributed by atoms with Gasteiger partial charge in [0.05, 0.1) is 11.9 Å². The highest BCUT2D eigenvalue weighted by atomic mass is 19.4. The van der Waals surface area contributed by atoms with Crippen LogP contribution in [-0.2, 0) is 6.42 Å². The fourth-order valence-corrected chi connectivity index (χ4v) is 3.24. The first-order chi connectivity index (χ1) is 14.2. The maximum Gasteiger partial charge on any atom is 0.573 e. The highest BCUT2D eigenvalue weighted by Gasteiger charge is 2.32. The number of para-hydroxylation sites is 1. The van der Waals surface area contributed by atoms with Gasteiger partial charge in [-0.25, -0.2) is 9.67 Å². The van der Waals surface area contributed by atoms with E-state index in [0.29, 0.717) is 11.0 Å². The van der Waals surface area contributed by atoms with Crippen molar-refractivity contribution in [3.63, 3.8) is 0 Å². The van der Waals surface area contributed by atoms with Crippen LogP contribution in [0.2, 0.25) is 0 Å². The van der Waals surface area contributed by atoms with Gasteiger partial charge in [0.25, 0.3) is 5.56 Å². The minimum absolute atomic E-state index is 0.0462. The summed E-state index contributed by atoms with van der Waals surface area (Å²) in [6, 6.07) is 11.5. The van der Waals surface area contributed by atoms with Crippen LogP contribution in [0.15, 0.2) is 53.5 Å². The van der Waals surface area contributed by atoms with Crippen LogP contribution in [0.4, 0.5) is 13.2 Å². The molecule has 0 fully saturated rings. The topological polar surface area (TPSA) is 72.8 Å². The molecule has 0 radical (unpaired) electrons. The van der Waals surface area contributed by atoms with E-state index in [1.807, 2.05) is 32.0 Å². The van der Waals surface area contributed by atoms with E-state index < -0.39 is 11.9 Å². The average Bonchev–Trinajstić information content (AvgIpc) is 3.09. The number of fused-ring (bicyclic) bond motifs is 1. The number of hydrogen-bond acceptors (Lipinski definition) is 4. The molecule has 0 aliphatic carbocycles. The van der Waals surface area contributed by atoms with Crippen molar-refractivity contribution in [3.05, 3.63) is 81.5 Å². The van der Waals surface area contributed by atoms with Crippen molar-refractivity contribution in [2.24, 2.45) is 0 Å². The average molecular weight is 414 g/mol. The van der Waals surface area contributed by atoms with Crippen LogP contribution in [0.5, 0.6) is 5.75 Å². The number of aromatic amines is 1. The quantitative estimate of drug-likeness (QED) is 0.543. The van der Waals surface area contributed by atoms with E-state index in [0.717, 1.165) is 16.8 Å². The molecule has 0 atom stereocenters. The van der Waals surface area contributed by atoms with E-state index in [1.165, 1.54) is 24.4 Å². The van der Waals surface area contributed by atoms with Crippen molar-refractivity contribution in [1.29, 1.82) is 0 Å². The maximum atomic E-state index is 12.7. The first-order valence-electron chi connectivity index (χ1n) is 9.10. The number of ether oxygens (including phenoxy) is 1. The SMILES string of the molecule is Cc1cccc(-n2ncc3c(=O)[nH]c(Cc4ccccc4OC(F)(F)F)nc32)c1C. The first-order valence-corrected chi connectivity index (χ1v) is 9.10. The Morgan fingerprint density at radius 3 is 2.63 bits per heavy atom. The second kappa shape index (κ2) is 7.33. The van der Waals surface area contributed by atoms with Gasteiger partial charge in [-0.2, -0.15) is 5.10 Å². The molecule has 9 heteroatoms. The molecule has 1 N–H and O–H groups in total. The third-order valence-corrected chi connectivity index (χ3v) is 4.85. The number of aromatic nitrogens is 4. The molecule has 0 aliphatic heterocycles. The zero-order valence-corrected chi connectivity index (χ0v) is 16.1. The van der Waals surface area contributed by atoms with E-state index >= 15 is 0 Å². The number of nitrogens with zero attached hydrogens (tertiary/aromatic N) is 3. The zero-order chi connectivity index (χ0) is 21.5. The van der Waals surface area contributed by atoms with Gasteiger partial charge in [0.15, 0.2) is 5.65 Å². The van der Waals surface area contributed by atoms with Crippen LogP contribution in [0.25, 0.3) is 16.7 Å². The van der Waals surface area contributed by atoms with Gasteiger partial charge in [-0.05, 0) is 37.1 Å². The van der Waals surface area contributed by atoms with E-state index in [1.54, 1.807) is 10.7 Å². The van der Waals surface area contributed by atoms with Gasteiger partial charge in [-0.3, -0.25) is 4.79 Å². The van der Waals surface area contributed by atoms with Crippen LogP contribution in [0.3, 0.4) is 0 Å². The Bertz CT molecular complexity index is 1290. The molecule has 0 amide bonds. The van der Waals surface area contributed by atoms with E-state index in [2.05, 4.69) is 19.8 Å². The summed E-state index contributed by atoms with van der Waals surface area (Å²) in [5.74, 6) is -0.131. The third kappa shape index (κ3) is 3.78. The monoisotopic (exact) mass is 414 g/mol. The Morgan fingerprint density at radius 1 is 1.10 bits per heavy atom. The minimum atomic E-state index is -4.82. The van der Waals surface area contributed by atoms with Gasteiger partial charge >= 0.3 is 6.36 Å². The van der Waals surface area contributed by atoms with Crippen molar-refractivity contribution < 1.29 is 17.9 Å². The largest absolute Gasteiger partial charge is 0.573 e. The predicted molar refractivity (Wildman–Crippen MR) is 105 cm³/mol. The Hall–Kier alpha value is -3.62. The smallest absolute Gasteiger partial charge is 0.405 e. The molecule has 0 saturated carbocycles. The number of nitrogens with one attached hydrogen (secondary N) is 1. The lowest BCUT2D eigenvalue weighted by Gasteiger charge is -2.13. The molecule has 2 aromatic carbocycles. The summed E-state index contributed by atoms with van der Waals surface area (Å²) >= 11 is 0. The maximum absolute atomic E-state index is 12.7. The fourth-order valence-electron chi connectivity index (χ4n) is 3.24. The molecular formula is C21H17F3N4O2. The van der Waals surface area contributed by atoms with Crippen LogP contribution < -0.4 is 10.3 Å². The van der Waals surface area contributed by atoms with E-state index in [-0.39, 0.29) is 23.6 Å². The second-order valence-electron chi connectivity index (χ2n) is 6.86. The van der Waals surface area contributed by atoms with E-state index in [4.69, 9.17) is 0 Å². The predicted octanol–water partition coefficient (Wildman–Crippen LogP) is 4.22. The first kappa shape index (κ1) is 19.7. The van der Waals surface area contributed by atoms with Gasteiger partial charge in [0.1, 0.15) is 17.0 Å². The molecule has 0 unspecified atom stereocenters. The number of halogens is 3. The number of hydrogen-bond donors (Lipinski definition) is 1. The van der Waals surface area contributed by atoms with E-state index in [9.17, 15) is 18.0 Å². The summed E-state index contributed by atoms with van der Waals surface area (Å²) in [5.41, 5.74) is 2.97. The third-order valence-electron chi connectivity index (χ3n) is 4.85. The summed E-state index contributed by atoms with van der Waals surface area (Å²) in [6.45, 7) is 3.91. The number of alkyl halides is 3. The summed E-state index contributed by atoms with van der Waals surface area (Å²) in [6.07, 6.45) is -3.44. The molecule has 2 aromatic heterocycles. The van der Waals surface area contributed by atoms with Crippen molar-refractivity contribution >= 4 is 11.0 Å². The molecule has 4 aromatic rings. The molecule has 0 bridgehead atoms. The lowest BCUT2D eigenvalue weighted by atomic mass is 10.1. The molecular weight excluding hydrogens is 397 g/mol. The highest BCUT2D eigenvalue weighted by molar-refractivity contribution is 5.75. The number of rotatable bonds is 4. The Labute approximate surface area is 169 Å². The molecule has 0 spiro atoms. The number of H-pyrrole nitrogens is 1. The Morgan fingerprint density at radius 2 is 1.87 bits per heavy atom. The molecule has 154 valence electrons. The summed E-state index contributed by atoms with van der Waals surface area (Å²) in [7, 11) is 0. The van der Waals surface area contributed by atoms with Crippen LogP contribution in [0, 0.1) is 13.8 Å². The highest BCUT2D eigenvalue weighted by Crippen LogP contribution is 2.27. The summed E-state index contributed by atoms with van der Waals surface area (Å²) in [5, 5.41) is 4.59. The van der Waals surface area contributed by atoms with Gasteiger partial charge < -0.3 is 9.72 Å². The minimum Gasteiger partial charge on any atom is -0.405 e. The van der Waals surface area contributed by atoms with Gasteiger partial charge in [0, 0.05) is 12.0 Å². The van der Waals surface area contributed by atoms with Gasteiger partial charge in [0.2, 0.25) is 0 Å². The molecule has 0 saturated heterocycles. The lowest BCUT2D eigenvalue weighted by molar-refractivity contribution is -0.274. The fraction of sp³-hybridized carbons (Fsp3) is 0.190. The lowest BCUT2D eigenvalue weighted by Crippen LogP contribution is -2.18. The van der Waals surface area contributed by atoms with Crippen molar-refractivity contribution in [2.75, 3.05) is 0 Å². The standard InChI is InChI=1S/C21H17F3N4O2/c1-12-6-5-8-16(13(12)2)28-19-15(11-25-28)20(29)27-18(26-19)10-14-7-3-4-9-17(14)30-21(22,23)24/h3-9,11H,10H2,1-2H3,(H,26,27,29). The normalized spacial score (nSPS) is 11.8. The Balaban J connectivity index is 1.80. The van der Waals surface area contributed by atoms with Crippen molar-refractivity contribution in [2.45, 2.75) is 26.6 Å². The van der Waals surface area contributed by atoms with Crippen LogP contribution >= 0.6 is 0 Å². The number of benzene rings is 2. The Kier molecular flexibility index (Phi) is 4.81. The second-order valence-corrected chi connectivity index (χ2v) is 6.86. The summed E-state index contributed by atoms with van der Waals surface area (Å²) in [4.78, 5) is 19.6. The molecule has 6 nitrogen and oxygen atoms in total. The molecule has 4 rings (SSSR count). The van der Waals surface area contributed by atoms with Crippen LogP contribution in [0.1, 0.15) is 22.5 Å². The summed E-state index contributed by atoms with van der Waals surface area (Å²) < 4.78 is 43.7. The molecule has 2 heterocycles. The number of aryl methyl sites for hydroxylation is 1. The zero-order valence-electron chi connectivity index (χ0n) is 16.1.